The van der Waals surface area contributed by atoms with Crippen LogP contribution in [0.3, 0.4) is 0 Å². The Balaban J connectivity index is 1.69. The van der Waals surface area contributed by atoms with E-state index in [1.807, 2.05) is 11.8 Å². The summed E-state index contributed by atoms with van der Waals surface area (Å²) in [6, 6.07) is 0.446. The van der Waals surface area contributed by atoms with Crippen LogP contribution in [0.4, 0.5) is 0 Å². The van der Waals surface area contributed by atoms with E-state index in [-0.39, 0.29) is 11.8 Å². The van der Waals surface area contributed by atoms with Crippen molar-refractivity contribution >= 4 is 17.7 Å². The molecule has 2 fully saturated rings. The summed E-state index contributed by atoms with van der Waals surface area (Å²) in [5.74, 6) is 1.70. The lowest BCUT2D eigenvalue weighted by Crippen LogP contribution is -2.52. The first-order valence-electron chi connectivity index (χ1n) is 5.92. The van der Waals surface area contributed by atoms with Gasteiger partial charge in [-0.15, -0.1) is 0 Å². The number of thioether (sulfide) groups is 1. The van der Waals surface area contributed by atoms with E-state index in [9.17, 15) is 4.79 Å². The van der Waals surface area contributed by atoms with Crippen LogP contribution in [0.2, 0.25) is 0 Å². The fourth-order valence-electron chi connectivity index (χ4n) is 2.25. The number of rotatable bonds is 4. The molecule has 2 rings (SSSR count). The predicted octanol–water partition coefficient (Wildman–Crippen LogP) is 0.996. The van der Waals surface area contributed by atoms with Crippen molar-refractivity contribution in [2.75, 3.05) is 18.8 Å². The molecule has 1 saturated carbocycles. The van der Waals surface area contributed by atoms with E-state index in [1.165, 1.54) is 25.0 Å². The summed E-state index contributed by atoms with van der Waals surface area (Å²) in [6.07, 6.45) is 3.61. The van der Waals surface area contributed by atoms with Crippen LogP contribution in [0, 0.1) is 5.92 Å². The molecule has 2 atom stereocenters. The number of nitrogens with one attached hydrogen (secondary N) is 2. The van der Waals surface area contributed by atoms with E-state index in [4.69, 9.17) is 0 Å². The molecule has 0 bridgehead atoms. The SMILES string of the molecule is CCSC1CCC(NC(=O)C2CNC2)C1. The molecule has 1 amide bonds. The maximum absolute atomic E-state index is 11.7. The summed E-state index contributed by atoms with van der Waals surface area (Å²) < 4.78 is 0. The molecule has 2 aliphatic rings. The Bertz CT molecular complexity index is 231. The molecular formula is C11H20N2OS. The molecule has 2 N–H and O–H groups in total. The second-order valence-electron chi connectivity index (χ2n) is 4.45. The summed E-state index contributed by atoms with van der Waals surface area (Å²) >= 11 is 2.03. The van der Waals surface area contributed by atoms with Gasteiger partial charge in [-0.05, 0) is 25.0 Å². The van der Waals surface area contributed by atoms with Crippen molar-refractivity contribution in [3.05, 3.63) is 0 Å². The molecule has 1 heterocycles. The maximum atomic E-state index is 11.7. The van der Waals surface area contributed by atoms with Crippen molar-refractivity contribution in [1.29, 1.82) is 0 Å². The summed E-state index contributed by atoms with van der Waals surface area (Å²) in [5, 5.41) is 7.09. The lowest BCUT2D eigenvalue weighted by molar-refractivity contribution is -0.127. The predicted molar refractivity (Wildman–Crippen MR) is 64.1 cm³/mol. The quantitative estimate of drug-likeness (QED) is 0.754. The Morgan fingerprint density at radius 2 is 2.27 bits per heavy atom. The van der Waals surface area contributed by atoms with Gasteiger partial charge >= 0.3 is 0 Å². The second-order valence-corrected chi connectivity index (χ2v) is 6.03. The average Bonchev–Trinajstić information content (AvgIpc) is 2.49. The molecule has 4 heteroatoms. The van der Waals surface area contributed by atoms with Crippen molar-refractivity contribution in [2.24, 2.45) is 5.92 Å². The van der Waals surface area contributed by atoms with Crippen molar-refractivity contribution in [3.63, 3.8) is 0 Å². The largest absolute Gasteiger partial charge is 0.353 e. The van der Waals surface area contributed by atoms with E-state index < -0.39 is 0 Å². The van der Waals surface area contributed by atoms with E-state index in [1.54, 1.807) is 0 Å². The van der Waals surface area contributed by atoms with Crippen molar-refractivity contribution in [1.82, 2.24) is 10.6 Å². The fourth-order valence-corrected chi connectivity index (χ4v) is 3.39. The van der Waals surface area contributed by atoms with E-state index >= 15 is 0 Å². The highest BCUT2D eigenvalue weighted by molar-refractivity contribution is 7.99. The van der Waals surface area contributed by atoms with Gasteiger partial charge in [-0.3, -0.25) is 4.79 Å². The number of amides is 1. The summed E-state index contributed by atoms with van der Waals surface area (Å²) in [7, 11) is 0. The summed E-state index contributed by atoms with van der Waals surface area (Å²) in [6.45, 7) is 3.94. The third-order valence-electron chi connectivity index (χ3n) is 3.29. The van der Waals surface area contributed by atoms with E-state index in [2.05, 4.69) is 17.6 Å². The van der Waals surface area contributed by atoms with Crippen molar-refractivity contribution in [3.8, 4) is 0 Å². The molecule has 86 valence electrons. The third kappa shape index (κ3) is 2.88. The third-order valence-corrected chi connectivity index (χ3v) is 4.52. The van der Waals surface area contributed by atoms with Crippen LogP contribution < -0.4 is 10.6 Å². The van der Waals surface area contributed by atoms with Crippen LogP contribution >= 0.6 is 11.8 Å². The Morgan fingerprint density at radius 1 is 1.47 bits per heavy atom. The summed E-state index contributed by atoms with van der Waals surface area (Å²) in [5.41, 5.74) is 0. The zero-order valence-electron chi connectivity index (χ0n) is 9.29. The first-order valence-corrected chi connectivity index (χ1v) is 6.97. The molecule has 0 radical (unpaired) electrons. The molecule has 0 aromatic carbocycles. The van der Waals surface area contributed by atoms with Crippen molar-refractivity contribution in [2.45, 2.75) is 37.5 Å². The van der Waals surface area contributed by atoms with E-state index in [0.29, 0.717) is 6.04 Å². The van der Waals surface area contributed by atoms with Gasteiger partial charge in [0.15, 0.2) is 0 Å². The van der Waals surface area contributed by atoms with Crippen LogP contribution in [-0.2, 0) is 4.79 Å². The average molecular weight is 228 g/mol. The number of hydrogen-bond acceptors (Lipinski definition) is 3. The fraction of sp³-hybridized carbons (Fsp3) is 0.909. The van der Waals surface area contributed by atoms with Crippen molar-refractivity contribution < 1.29 is 4.79 Å². The van der Waals surface area contributed by atoms with Crippen LogP contribution in [0.1, 0.15) is 26.2 Å². The minimum atomic E-state index is 0.239. The minimum Gasteiger partial charge on any atom is -0.353 e. The van der Waals surface area contributed by atoms with Gasteiger partial charge in [0.2, 0.25) is 5.91 Å². The topological polar surface area (TPSA) is 41.1 Å². The molecule has 0 spiro atoms. The molecule has 1 saturated heterocycles. The molecule has 0 aromatic heterocycles. The number of carbonyl (C=O) groups excluding carboxylic acids is 1. The molecule has 2 unspecified atom stereocenters. The standard InChI is InChI=1S/C11H20N2OS/c1-2-15-10-4-3-9(5-10)13-11(14)8-6-12-7-8/h8-10,12H,2-7H2,1H3,(H,13,14). The Labute approximate surface area is 95.8 Å². The van der Waals surface area contributed by atoms with E-state index in [0.717, 1.165) is 18.3 Å². The Hall–Kier alpha value is -0.220. The zero-order valence-corrected chi connectivity index (χ0v) is 10.1. The summed E-state index contributed by atoms with van der Waals surface area (Å²) in [4.78, 5) is 11.7. The second kappa shape index (κ2) is 5.21. The highest BCUT2D eigenvalue weighted by atomic mass is 32.2. The van der Waals surface area contributed by atoms with Crippen LogP contribution in [-0.4, -0.2) is 36.0 Å². The van der Waals surface area contributed by atoms with Gasteiger partial charge in [0.25, 0.3) is 0 Å². The molecule has 1 aliphatic heterocycles. The van der Waals surface area contributed by atoms with Crippen LogP contribution in [0.5, 0.6) is 0 Å². The lowest BCUT2D eigenvalue weighted by Gasteiger charge is -2.27. The van der Waals surface area contributed by atoms with Gasteiger partial charge in [0, 0.05) is 24.4 Å². The van der Waals surface area contributed by atoms with Gasteiger partial charge in [-0.2, -0.15) is 11.8 Å². The first kappa shape index (κ1) is 11.3. The number of hydrogen-bond donors (Lipinski definition) is 2. The van der Waals surface area contributed by atoms with Gasteiger partial charge in [-0.1, -0.05) is 6.92 Å². The van der Waals surface area contributed by atoms with Crippen LogP contribution in [0.15, 0.2) is 0 Å². The lowest BCUT2D eigenvalue weighted by atomic mass is 10.0. The molecule has 0 aromatic rings. The maximum Gasteiger partial charge on any atom is 0.225 e. The minimum absolute atomic E-state index is 0.239. The first-order chi connectivity index (χ1) is 7.29. The smallest absolute Gasteiger partial charge is 0.225 e. The van der Waals surface area contributed by atoms with Gasteiger partial charge in [-0.25, -0.2) is 0 Å². The highest BCUT2D eigenvalue weighted by Gasteiger charge is 2.30. The van der Waals surface area contributed by atoms with Gasteiger partial charge in [0.1, 0.15) is 0 Å². The highest BCUT2D eigenvalue weighted by Crippen LogP contribution is 2.29. The molecule has 1 aliphatic carbocycles. The van der Waals surface area contributed by atoms with Gasteiger partial charge in [0.05, 0.1) is 5.92 Å². The normalized spacial score (nSPS) is 31.3. The zero-order chi connectivity index (χ0) is 10.7. The molecule has 15 heavy (non-hydrogen) atoms. The molecular weight excluding hydrogens is 208 g/mol. The van der Waals surface area contributed by atoms with Gasteiger partial charge < -0.3 is 10.6 Å². The number of carbonyl (C=O) groups is 1. The van der Waals surface area contributed by atoms with Crippen LogP contribution in [0.25, 0.3) is 0 Å². The monoisotopic (exact) mass is 228 g/mol. The Morgan fingerprint density at radius 3 is 2.87 bits per heavy atom. The Kier molecular flexibility index (Phi) is 3.92. The molecule has 3 nitrogen and oxygen atoms in total.